The van der Waals surface area contributed by atoms with E-state index in [9.17, 15) is 27.9 Å². The molecule has 35 heavy (non-hydrogen) atoms. The standard InChI is InChI=1S/C24H29F3N4O4/c1-28-22(33)30-12-16(14-32)9-20(13-30)31(19-5-6-19)23(34)29-11-15-2-3-18-10-21(35-24(25,26)27)7-4-17(18)8-15/h2-4,7-8,10,16,19-20,32H,5-6,9,11-14H2,1H3,(H,28,33)(H,29,34)/t16?,20-/m1/s1. The number of likely N-dealkylation sites (tertiary alicyclic amines) is 1. The number of nitrogens with zero attached hydrogens (tertiary/aromatic N) is 2. The molecule has 0 aromatic heterocycles. The molecule has 190 valence electrons. The number of hydrogen-bond donors (Lipinski definition) is 3. The number of piperidine rings is 1. The van der Waals surface area contributed by atoms with E-state index in [1.54, 1.807) is 35.0 Å². The van der Waals surface area contributed by atoms with Crippen LogP contribution in [-0.4, -0.2) is 72.2 Å². The summed E-state index contributed by atoms with van der Waals surface area (Å²) in [6, 6.07) is 8.80. The maximum absolute atomic E-state index is 13.2. The molecule has 1 aliphatic carbocycles. The van der Waals surface area contributed by atoms with Crippen molar-refractivity contribution in [3.05, 3.63) is 42.0 Å². The normalized spacial score (nSPS) is 20.4. The molecule has 8 nitrogen and oxygen atoms in total. The molecule has 2 aliphatic rings. The van der Waals surface area contributed by atoms with E-state index >= 15 is 0 Å². The van der Waals surface area contributed by atoms with E-state index < -0.39 is 6.36 Å². The van der Waals surface area contributed by atoms with E-state index in [-0.39, 0.29) is 49.0 Å². The van der Waals surface area contributed by atoms with Crippen LogP contribution in [0, 0.1) is 5.92 Å². The quantitative estimate of drug-likeness (QED) is 0.574. The van der Waals surface area contributed by atoms with Gasteiger partial charge in [-0.15, -0.1) is 13.2 Å². The zero-order valence-corrected chi connectivity index (χ0v) is 19.3. The Morgan fingerprint density at radius 1 is 1.11 bits per heavy atom. The molecule has 1 saturated carbocycles. The van der Waals surface area contributed by atoms with E-state index in [0.29, 0.717) is 24.9 Å². The van der Waals surface area contributed by atoms with Crippen LogP contribution >= 0.6 is 0 Å². The van der Waals surface area contributed by atoms with Crippen LogP contribution in [-0.2, 0) is 6.54 Å². The summed E-state index contributed by atoms with van der Waals surface area (Å²) in [5.41, 5.74) is 0.801. The lowest BCUT2D eigenvalue weighted by Gasteiger charge is -2.42. The molecule has 1 heterocycles. The molecular formula is C24H29F3N4O4. The van der Waals surface area contributed by atoms with E-state index in [0.717, 1.165) is 23.8 Å². The van der Waals surface area contributed by atoms with Crippen molar-refractivity contribution in [2.75, 3.05) is 26.7 Å². The van der Waals surface area contributed by atoms with Crippen LogP contribution in [0.25, 0.3) is 10.8 Å². The number of benzene rings is 2. The summed E-state index contributed by atoms with van der Waals surface area (Å²) in [5, 5.41) is 16.6. The molecule has 0 spiro atoms. The van der Waals surface area contributed by atoms with Crippen molar-refractivity contribution in [1.82, 2.24) is 20.4 Å². The van der Waals surface area contributed by atoms with Gasteiger partial charge in [-0.2, -0.15) is 0 Å². The van der Waals surface area contributed by atoms with E-state index in [4.69, 9.17) is 0 Å². The Hall–Kier alpha value is -3.21. The lowest BCUT2D eigenvalue weighted by molar-refractivity contribution is -0.274. The first kappa shape index (κ1) is 24.9. The molecule has 4 amide bonds. The van der Waals surface area contributed by atoms with Crippen molar-refractivity contribution in [1.29, 1.82) is 0 Å². The summed E-state index contributed by atoms with van der Waals surface area (Å²) in [6.07, 6.45) is -2.34. The first-order chi connectivity index (χ1) is 16.7. The smallest absolute Gasteiger partial charge is 0.406 e. The van der Waals surface area contributed by atoms with Crippen molar-refractivity contribution < 1.29 is 32.6 Å². The topological polar surface area (TPSA) is 94.1 Å². The van der Waals surface area contributed by atoms with Gasteiger partial charge in [0.05, 0.1) is 6.04 Å². The van der Waals surface area contributed by atoms with Crippen molar-refractivity contribution in [2.45, 2.75) is 44.3 Å². The maximum Gasteiger partial charge on any atom is 0.573 e. The largest absolute Gasteiger partial charge is 0.573 e. The zero-order chi connectivity index (χ0) is 25.2. The van der Waals surface area contributed by atoms with E-state index in [1.165, 1.54) is 12.1 Å². The minimum Gasteiger partial charge on any atom is -0.406 e. The van der Waals surface area contributed by atoms with Gasteiger partial charge in [-0.3, -0.25) is 0 Å². The number of carbonyl (C=O) groups is 2. The van der Waals surface area contributed by atoms with Crippen LogP contribution < -0.4 is 15.4 Å². The molecule has 3 N–H and O–H groups in total. The molecule has 4 rings (SSSR count). The Bertz CT molecular complexity index is 1080. The number of ether oxygens (including phenoxy) is 1. The lowest BCUT2D eigenvalue weighted by Crippen LogP contribution is -2.58. The maximum atomic E-state index is 13.2. The highest BCUT2D eigenvalue weighted by Gasteiger charge is 2.41. The van der Waals surface area contributed by atoms with Gasteiger partial charge >= 0.3 is 18.4 Å². The Balaban J connectivity index is 1.43. The Morgan fingerprint density at radius 2 is 1.83 bits per heavy atom. The van der Waals surface area contributed by atoms with Gasteiger partial charge in [0.25, 0.3) is 0 Å². The third-order valence-corrected chi connectivity index (χ3v) is 6.40. The summed E-state index contributed by atoms with van der Waals surface area (Å²) in [4.78, 5) is 28.8. The van der Waals surface area contributed by atoms with Gasteiger partial charge in [-0.25, -0.2) is 9.59 Å². The van der Waals surface area contributed by atoms with Crippen LogP contribution in [0.3, 0.4) is 0 Å². The number of hydrogen-bond acceptors (Lipinski definition) is 4. The predicted molar refractivity (Wildman–Crippen MR) is 123 cm³/mol. The Morgan fingerprint density at radius 3 is 2.49 bits per heavy atom. The number of carbonyl (C=O) groups excluding carboxylic acids is 2. The lowest BCUT2D eigenvalue weighted by atomic mass is 9.94. The van der Waals surface area contributed by atoms with E-state index in [1.807, 2.05) is 6.07 Å². The highest BCUT2D eigenvalue weighted by atomic mass is 19.4. The third kappa shape index (κ3) is 6.27. The number of aliphatic hydroxyl groups is 1. The highest BCUT2D eigenvalue weighted by Crippen LogP contribution is 2.33. The SMILES string of the molecule is CNC(=O)N1CC(CO)C[C@@H](N(C(=O)NCc2ccc3cc(OC(F)(F)F)ccc3c2)C2CC2)C1. The van der Waals surface area contributed by atoms with E-state index in [2.05, 4.69) is 15.4 Å². The zero-order valence-electron chi connectivity index (χ0n) is 19.3. The van der Waals surface area contributed by atoms with Crippen molar-refractivity contribution in [2.24, 2.45) is 5.92 Å². The van der Waals surface area contributed by atoms with Gasteiger partial charge in [0.2, 0.25) is 0 Å². The first-order valence-electron chi connectivity index (χ1n) is 11.6. The van der Waals surface area contributed by atoms with Crippen LogP contribution in [0.5, 0.6) is 5.75 Å². The second-order valence-electron chi connectivity index (χ2n) is 9.09. The van der Waals surface area contributed by atoms with Crippen molar-refractivity contribution >= 4 is 22.8 Å². The first-order valence-corrected chi connectivity index (χ1v) is 11.6. The number of urea groups is 2. The Labute approximate surface area is 201 Å². The van der Waals surface area contributed by atoms with Gasteiger partial charge in [0.15, 0.2) is 0 Å². The summed E-state index contributed by atoms with van der Waals surface area (Å²) < 4.78 is 41.4. The highest BCUT2D eigenvalue weighted by molar-refractivity contribution is 5.84. The monoisotopic (exact) mass is 494 g/mol. The second kappa shape index (κ2) is 10.2. The number of halogens is 3. The molecule has 0 bridgehead atoms. The second-order valence-corrected chi connectivity index (χ2v) is 9.09. The molecule has 1 unspecified atom stereocenters. The molecule has 1 saturated heterocycles. The Kier molecular flexibility index (Phi) is 7.25. The van der Waals surface area contributed by atoms with Crippen molar-refractivity contribution in [3.63, 3.8) is 0 Å². The van der Waals surface area contributed by atoms with Gasteiger partial charge in [-0.05, 0) is 53.8 Å². The number of fused-ring (bicyclic) bond motifs is 1. The average Bonchev–Trinajstić information content (AvgIpc) is 3.66. The minimum absolute atomic E-state index is 0.0586. The fourth-order valence-electron chi connectivity index (χ4n) is 4.66. The fraction of sp³-hybridized carbons (Fsp3) is 0.500. The van der Waals surface area contributed by atoms with Crippen molar-refractivity contribution in [3.8, 4) is 5.75 Å². The fourth-order valence-corrected chi connectivity index (χ4v) is 4.66. The summed E-state index contributed by atoms with van der Waals surface area (Å²) in [5.74, 6) is -0.391. The summed E-state index contributed by atoms with van der Waals surface area (Å²) in [7, 11) is 1.55. The average molecular weight is 495 g/mol. The molecule has 2 aromatic carbocycles. The molecule has 2 atom stereocenters. The van der Waals surface area contributed by atoms with Crippen LogP contribution in [0.1, 0.15) is 24.8 Å². The molecular weight excluding hydrogens is 465 g/mol. The molecule has 0 radical (unpaired) electrons. The van der Waals surface area contributed by atoms with Gasteiger partial charge < -0.3 is 30.3 Å². The molecule has 1 aliphatic heterocycles. The van der Waals surface area contributed by atoms with Gasteiger partial charge in [0.1, 0.15) is 5.75 Å². The van der Waals surface area contributed by atoms with Gasteiger partial charge in [0, 0.05) is 45.2 Å². The molecule has 11 heteroatoms. The number of amides is 4. The minimum atomic E-state index is -4.75. The van der Waals surface area contributed by atoms with Gasteiger partial charge in [-0.1, -0.05) is 18.2 Å². The van der Waals surface area contributed by atoms with Crippen LogP contribution in [0.15, 0.2) is 36.4 Å². The number of nitrogens with one attached hydrogen (secondary N) is 2. The third-order valence-electron chi connectivity index (χ3n) is 6.40. The predicted octanol–water partition coefficient (Wildman–Crippen LogP) is 3.43. The van der Waals surface area contributed by atoms with Crippen LogP contribution in [0.4, 0.5) is 22.8 Å². The number of aliphatic hydroxyl groups excluding tert-OH is 1. The summed E-state index contributed by atoms with van der Waals surface area (Å²) >= 11 is 0. The van der Waals surface area contributed by atoms with Crippen LogP contribution in [0.2, 0.25) is 0 Å². The molecule has 2 aromatic rings. The number of alkyl halides is 3. The number of rotatable bonds is 6. The summed E-state index contributed by atoms with van der Waals surface area (Å²) in [6.45, 7) is 1.03. The molecule has 2 fully saturated rings.